The molecule has 6 heteroatoms. The van der Waals surface area contributed by atoms with Crippen LogP contribution >= 0.6 is 0 Å². The minimum Gasteiger partial charge on any atom is -0.480 e. The van der Waals surface area contributed by atoms with Crippen LogP contribution in [0.5, 0.6) is 0 Å². The van der Waals surface area contributed by atoms with Crippen molar-refractivity contribution in [1.82, 2.24) is 14.7 Å². The molecule has 0 spiro atoms. The Morgan fingerprint density at radius 1 is 1.37 bits per heavy atom. The van der Waals surface area contributed by atoms with E-state index in [2.05, 4.69) is 10.3 Å². The largest absolute Gasteiger partial charge is 0.480 e. The van der Waals surface area contributed by atoms with E-state index in [9.17, 15) is 9.59 Å². The lowest BCUT2D eigenvalue weighted by Crippen LogP contribution is -2.44. The van der Waals surface area contributed by atoms with E-state index in [4.69, 9.17) is 5.11 Å². The van der Waals surface area contributed by atoms with Crippen molar-refractivity contribution < 1.29 is 14.7 Å². The summed E-state index contributed by atoms with van der Waals surface area (Å²) in [6.07, 6.45) is 4.98. The van der Waals surface area contributed by atoms with Gasteiger partial charge in [-0.25, -0.2) is 9.78 Å². The molecule has 2 rings (SSSR count). The molecule has 100 valence electrons. The highest BCUT2D eigenvalue weighted by molar-refractivity contribution is 5.96. The van der Waals surface area contributed by atoms with Gasteiger partial charge in [-0.05, 0) is 18.1 Å². The molecule has 0 aliphatic rings. The fourth-order valence-corrected chi connectivity index (χ4v) is 1.79. The Kier molecular flexibility index (Phi) is 3.50. The Morgan fingerprint density at radius 2 is 2.11 bits per heavy atom. The minimum absolute atomic E-state index is 0.182. The lowest BCUT2D eigenvalue weighted by atomic mass is 10.0. The maximum Gasteiger partial charge on any atom is 0.326 e. The Balaban J connectivity index is 2.21. The first kappa shape index (κ1) is 13.1. The monoisotopic (exact) mass is 261 g/mol. The molecule has 1 amide bonds. The first-order valence-corrected chi connectivity index (χ1v) is 5.95. The van der Waals surface area contributed by atoms with Crippen molar-refractivity contribution in [2.75, 3.05) is 0 Å². The van der Waals surface area contributed by atoms with Crippen LogP contribution in [0.1, 0.15) is 24.2 Å². The number of amides is 1. The zero-order valence-electron chi connectivity index (χ0n) is 10.7. The molecular weight excluding hydrogens is 246 g/mol. The van der Waals surface area contributed by atoms with Crippen molar-refractivity contribution in [3.8, 4) is 0 Å². The number of carboxylic acid groups (broad SMARTS) is 1. The average Bonchev–Trinajstić information content (AvgIpc) is 2.81. The second-order valence-corrected chi connectivity index (χ2v) is 4.64. The molecule has 0 saturated heterocycles. The number of nitrogens with zero attached hydrogens (tertiary/aromatic N) is 2. The van der Waals surface area contributed by atoms with E-state index in [-0.39, 0.29) is 5.92 Å². The van der Waals surface area contributed by atoms with Gasteiger partial charge in [0.05, 0.1) is 5.56 Å². The number of hydrogen-bond acceptors (Lipinski definition) is 3. The third kappa shape index (κ3) is 2.73. The molecule has 2 aromatic heterocycles. The van der Waals surface area contributed by atoms with Gasteiger partial charge in [0.15, 0.2) is 0 Å². The van der Waals surface area contributed by atoms with Gasteiger partial charge >= 0.3 is 5.97 Å². The molecule has 0 aliphatic heterocycles. The number of rotatable bonds is 4. The molecule has 2 N–H and O–H groups in total. The number of aliphatic carboxylic acids is 1. The zero-order chi connectivity index (χ0) is 14.0. The molecule has 1 atom stereocenters. The van der Waals surface area contributed by atoms with Crippen molar-refractivity contribution in [2.45, 2.75) is 19.9 Å². The van der Waals surface area contributed by atoms with E-state index in [0.29, 0.717) is 5.56 Å². The van der Waals surface area contributed by atoms with E-state index < -0.39 is 17.9 Å². The van der Waals surface area contributed by atoms with Gasteiger partial charge in [-0.3, -0.25) is 4.79 Å². The standard InChI is InChI=1S/C13H15N3O3/c1-8(2)11(13(18)19)15-12(17)9-3-4-10-14-5-6-16(10)7-9/h3-8,11H,1-2H3,(H,15,17)(H,18,19). The number of pyridine rings is 1. The Hall–Kier alpha value is -2.37. The molecule has 2 aromatic rings. The minimum atomic E-state index is -1.04. The Labute approximate surface area is 110 Å². The van der Waals surface area contributed by atoms with Gasteiger partial charge in [-0.15, -0.1) is 0 Å². The molecule has 0 radical (unpaired) electrons. The summed E-state index contributed by atoms with van der Waals surface area (Å²) in [5.74, 6) is -1.62. The molecule has 0 bridgehead atoms. The zero-order valence-corrected chi connectivity index (χ0v) is 10.7. The molecular formula is C13H15N3O3. The van der Waals surface area contributed by atoms with Crippen molar-refractivity contribution in [3.63, 3.8) is 0 Å². The average molecular weight is 261 g/mol. The van der Waals surface area contributed by atoms with Crippen LogP contribution in [0.15, 0.2) is 30.7 Å². The molecule has 0 fully saturated rings. The van der Waals surface area contributed by atoms with E-state index in [1.807, 2.05) is 0 Å². The Morgan fingerprint density at radius 3 is 2.74 bits per heavy atom. The quantitative estimate of drug-likeness (QED) is 0.865. The number of fused-ring (bicyclic) bond motifs is 1. The number of imidazole rings is 1. The number of hydrogen-bond donors (Lipinski definition) is 2. The van der Waals surface area contributed by atoms with Crippen LogP contribution < -0.4 is 5.32 Å². The predicted octanol–water partition coefficient (Wildman–Crippen LogP) is 1.17. The first-order valence-electron chi connectivity index (χ1n) is 5.95. The smallest absolute Gasteiger partial charge is 0.326 e. The molecule has 19 heavy (non-hydrogen) atoms. The summed E-state index contributed by atoms with van der Waals surface area (Å²) in [6.45, 7) is 3.50. The van der Waals surface area contributed by atoms with Gasteiger partial charge in [-0.1, -0.05) is 13.8 Å². The lowest BCUT2D eigenvalue weighted by Gasteiger charge is -2.17. The highest BCUT2D eigenvalue weighted by Gasteiger charge is 2.23. The van der Waals surface area contributed by atoms with Gasteiger partial charge in [0, 0.05) is 18.6 Å². The van der Waals surface area contributed by atoms with E-state index in [0.717, 1.165) is 5.65 Å². The van der Waals surface area contributed by atoms with Crippen LogP contribution in [0.25, 0.3) is 5.65 Å². The normalized spacial score (nSPS) is 12.6. The molecule has 0 saturated carbocycles. The third-order valence-electron chi connectivity index (χ3n) is 2.87. The molecule has 1 unspecified atom stereocenters. The van der Waals surface area contributed by atoms with Crippen molar-refractivity contribution >= 4 is 17.5 Å². The first-order chi connectivity index (χ1) is 8.99. The van der Waals surface area contributed by atoms with E-state index in [1.165, 1.54) is 0 Å². The molecule has 6 nitrogen and oxygen atoms in total. The number of aromatic nitrogens is 2. The van der Waals surface area contributed by atoms with Crippen LogP contribution in [0.3, 0.4) is 0 Å². The summed E-state index contributed by atoms with van der Waals surface area (Å²) < 4.78 is 1.71. The van der Waals surface area contributed by atoms with Crippen LogP contribution in [-0.4, -0.2) is 32.4 Å². The van der Waals surface area contributed by atoms with Gasteiger partial charge < -0.3 is 14.8 Å². The summed E-state index contributed by atoms with van der Waals surface area (Å²) in [4.78, 5) is 27.1. The highest BCUT2D eigenvalue weighted by atomic mass is 16.4. The molecule has 0 aliphatic carbocycles. The fraction of sp³-hybridized carbons (Fsp3) is 0.308. The van der Waals surface area contributed by atoms with Gasteiger partial charge in [0.2, 0.25) is 0 Å². The molecule has 2 heterocycles. The topological polar surface area (TPSA) is 83.7 Å². The van der Waals surface area contributed by atoms with Gasteiger partial charge in [-0.2, -0.15) is 0 Å². The summed E-state index contributed by atoms with van der Waals surface area (Å²) in [7, 11) is 0. The van der Waals surface area contributed by atoms with Crippen molar-refractivity contribution in [2.24, 2.45) is 5.92 Å². The highest BCUT2D eigenvalue weighted by Crippen LogP contribution is 2.07. The lowest BCUT2D eigenvalue weighted by molar-refractivity contribution is -0.140. The van der Waals surface area contributed by atoms with Gasteiger partial charge in [0.25, 0.3) is 5.91 Å². The number of nitrogens with one attached hydrogen (secondary N) is 1. The predicted molar refractivity (Wildman–Crippen MR) is 68.9 cm³/mol. The van der Waals surface area contributed by atoms with Crippen LogP contribution in [0, 0.1) is 5.92 Å². The SMILES string of the molecule is CC(C)C(NC(=O)c1ccc2nccn2c1)C(=O)O. The molecule has 0 aromatic carbocycles. The number of carboxylic acids is 1. The summed E-state index contributed by atoms with van der Waals surface area (Å²) in [6, 6.07) is 2.43. The van der Waals surface area contributed by atoms with Crippen LogP contribution in [-0.2, 0) is 4.79 Å². The second-order valence-electron chi connectivity index (χ2n) is 4.64. The van der Waals surface area contributed by atoms with Crippen molar-refractivity contribution in [3.05, 3.63) is 36.3 Å². The van der Waals surface area contributed by atoms with Crippen LogP contribution in [0.2, 0.25) is 0 Å². The fourth-order valence-electron chi connectivity index (χ4n) is 1.79. The second kappa shape index (κ2) is 5.09. The maximum atomic E-state index is 12.0. The Bertz CT molecular complexity index is 618. The third-order valence-corrected chi connectivity index (χ3v) is 2.87. The maximum absolute atomic E-state index is 12.0. The summed E-state index contributed by atoms with van der Waals surface area (Å²) >= 11 is 0. The summed E-state index contributed by atoms with van der Waals surface area (Å²) in [5.41, 5.74) is 1.13. The van der Waals surface area contributed by atoms with Crippen LogP contribution in [0.4, 0.5) is 0 Å². The van der Waals surface area contributed by atoms with E-state index in [1.54, 1.807) is 49.0 Å². The van der Waals surface area contributed by atoms with Crippen molar-refractivity contribution in [1.29, 1.82) is 0 Å². The van der Waals surface area contributed by atoms with Gasteiger partial charge in [0.1, 0.15) is 11.7 Å². The summed E-state index contributed by atoms with van der Waals surface area (Å²) in [5, 5.41) is 11.6. The number of carbonyl (C=O) groups is 2. The number of carbonyl (C=O) groups excluding carboxylic acids is 1. The van der Waals surface area contributed by atoms with E-state index >= 15 is 0 Å².